The zero-order valence-electron chi connectivity index (χ0n) is 17.9. The molecule has 2 saturated heterocycles. The first-order chi connectivity index (χ1) is 14.7. The summed E-state index contributed by atoms with van der Waals surface area (Å²) in [5.41, 5.74) is 2.16. The molecule has 8 nitrogen and oxygen atoms in total. The number of hydrogen-bond acceptors (Lipinski definition) is 5. The van der Waals surface area contributed by atoms with Gasteiger partial charge in [-0.2, -0.15) is 0 Å². The molecule has 1 N–H and O–H groups in total. The number of rotatable bonds is 4. The van der Waals surface area contributed by atoms with Gasteiger partial charge in [-0.3, -0.25) is 9.79 Å². The molecule has 2 aliphatic heterocycles. The van der Waals surface area contributed by atoms with Crippen LogP contribution in [0.3, 0.4) is 0 Å². The van der Waals surface area contributed by atoms with E-state index >= 15 is 0 Å². The van der Waals surface area contributed by atoms with E-state index in [1.165, 1.54) is 5.56 Å². The van der Waals surface area contributed by atoms with Crippen LogP contribution in [0.15, 0.2) is 47.7 Å². The van der Waals surface area contributed by atoms with E-state index in [-0.39, 0.29) is 29.9 Å². The van der Waals surface area contributed by atoms with Crippen molar-refractivity contribution in [2.45, 2.75) is 25.8 Å². The maximum Gasteiger partial charge on any atom is 0.226 e. The molecule has 0 unspecified atom stereocenters. The number of piperidine rings is 1. The van der Waals surface area contributed by atoms with Crippen molar-refractivity contribution in [3.05, 3.63) is 48.3 Å². The van der Waals surface area contributed by atoms with Crippen LogP contribution in [-0.2, 0) is 11.3 Å². The first kappa shape index (κ1) is 23.2. The largest absolute Gasteiger partial charge is 0.352 e. The van der Waals surface area contributed by atoms with Gasteiger partial charge in [0.1, 0.15) is 0 Å². The molecule has 166 valence electrons. The van der Waals surface area contributed by atoms with Crippen LogP contribution < -0.4 is 15.1 Å². The Hall–Kier alpha value is -2.43. The van der Waals surface area contributed by atoms with Crippen LogP contribution in [0.25, 0.3) is 0 Å². The number of hydrogen-bond donors (Lipinski definition) is 1. The number of piperazine rings is 1. The third kappa shape index (κ3) is 5.84. The van der Waals surface area contributed by atoms with Crippen LogP contribution >= 0.6 is 24.0 Å². The minimum absolute atomic E-state index is 0. The van der Waals surface area contributed by atoms with Crippen LogP contribution in [0.4, 0.5) is 11.6 Å². The molecule has 9 heteroatoms. The van der Waals surface area contributed by atoms with Gasteiger partial charge in [-0.1, -0.05) is 12.1 Å². The molecule has 4 rings (SSSR count). The maximum atomic E-state index is 12.1. The van der Waals surface area contributed by atoms with Crippen LogP contribution in [-0.4, -0.2) is 66.5 Å². The van der Waals surface area contributed by atoms with Gasteiger partial charge in [0.2, 0.25) is 11.9 Å². The Morgan fingerprint density at radius 3 is 2.39 bits per heavy atom. The molecule has 3 heterocycles. The number of aliphatic imine (C=N–C) groups is 1. The molecular weight excluding hydrogens is 505 g/mol. The van der Waals surface area contributed by atoms with Gasteiger partial charge in [-0.05, 0) is 36.6 Å². The molecule has 2 aliphatic rings. The van der Waals surface area contributed by atoms with E-state index in [0.717, 1.165) is 63.2 Å². The zero-order valence-corrected chi connectivity index (χ0v) is 20.2. The van der Waals surface area contributed by atoms with Gasteiger partial charge in [0.05, 0.1) is 0 Å². The zero-order chi connectivity index (χ0) is 20.8. The van der Waals surface area contributed by atoms with Crippen molar-refractivity contribution < 1.29 is 4.79 Å². The van der Waals surface area contributed by atoms with Crippen molar-refractivity contribution in [3.63, 3.8) is 0 Å². The Balaban J connectivity index is 0.00000272. The first-order valence-corrected chi connectivity index (χ1v) is 10.6. The molecular formula is C22H30IN7O. The summed E-state index contributed by atoms with van der Waals surface area (Å²) >= 11 is 0. The van der Waals surface area contributed by atoms with E-state index in [1.807, 2.05) is 30.1 Å². The Kier molecular flexibility index (Phi) is 8.44. The Morgan fingerprint density at radius 1 is 1.03 bits per heavy atom. The van der Waals surface area contributed by atoms with Gasteiger partial charge >= 0.3 is 0 Å². The van der Waals surface area contributed by atoms with E-state index in [9.17, 15) is 4.79 Å². The minimum atomic E-state index is 0. The summed E-state index contributed by atoms with van der Waals surface area (Å²) in [6.45, 7) is 4.99. The summed E-state index contributed by atoms with van der Waals surface area (Å²) < 4.78 is 0. The SMILES string of the molecule is CN=C(NCc1ccc(N2CCCCC2=O)cc1)N1CCN(c2ncccn2)CC1.I. The minimum Gasteiger partial charge on any atom is -0.352 e. The van der Waals surface area contributed by atoms with Crippen molar-refractivity contribution >= 4 is 47.5 Å². The fourth-order valence-electron chi connectivity index (χ4n) is 3.96. The number of nitrogens with zero attached hydrogens (tertiary/aromatic N) is 6. The summed E-state index contributed by atoms with van der Waals surface area (Å²) in [5.74, 6) is 1.92. The third-order valence-electron chi connectivity index (χ3n) is 5.65. The molecule has 0 bridgehead atoms. The smallest absolute Gasteiger partial charge is 0.226 e. The summed E-state index contributed by atoms with van der Waals surface area (Å²) in [6.07, 6.45) is 6.30. The predicted molar refractivity (Wildman–Crippen MR) is 134 cm³/mol. The number of guanidine groups is 1. The maximum absolute atomic E-state index is 12.1. The quantitative estimate of drug-likeness (QED) is 0.369. The van der Waals surface area contributed by atoms with Gasteiger partial charge < -0.3 is 20.0 Å². The van der Waals surface area contributed by atoms with Crippen LogP contribution in [0, 0.1) is 0 Å². The molecule has 0 aliphatic carbocycles. The lowest BCUT2D eigenvalue weighted by molar-refractivity contribution is -0.119. The number of carbonyl (C=O) groups excluding carboxylic acids is 1. The fraction of sp³-hybridized carbons (Fsp3) is 0.455. The highest BCUT2D eigenvalue weighted by molar-refractivity contribution is 14.0. The molecule has 0 spiro atoms. The monoisotopic (exact) mass is 535 g/mol. The average molecular weight is 535 g/mol. The van der Waals surface area contributed by atoms with Gasteiger partial charge in [0.25, 0.3) is 0 Å². The average Bonchev–Trinajstić information content (AvgIpc) is 2.81. The molecule has 0 radical (unpaired) electrons. The summed E-state index contributed by atoms with van der Waals surface area (Å²) in [7, 11) is 1.82. The van der Waals surface area contributed by atoms with E-state index in [0.29, 0.717) is 13.0 Å². The number of halogens is 1. The van der Waals surface area contributed by atoms with Gasteiger partial charge in [0.15, 0.2) is 5.96 Å². The number of anilines is 2. The Morgan fingerprint density at radius 2 is 1.74 bits per heavy atom. The molecule has 1 aromatic heterocycles. The lowest BCUT2D eigenvalue weighted by Gasteiger charge is -2.36. The lowest BCUT2D eigenvalue weighted by atomic mass is 10.1. The van der Waals surface area contributed by atoms with Gasteiger partial charge in [-0.15, -0.1) is 24.0 Å². The molecule has 1 amide bonds. The first-order valence-electron chi connectivity index (χ1n) is 10.6. The van der Waals surface area contributed by atoms with Crippen LogP contribution in [0.2, 0.25) is 0 Å². The van der Waals surface area contributed by atoms with E-state index in [1.54, 1.807) is 12.4 Å². The van der Waals surface area contributed by atoms with Crippen molar-refractivity contribution in [1.29, 1.82) is 0 Å². The van der Waals surface area contributed by atoms with Crippen molar-refractivity contribution in [2.75, 3.05) is 49.6 Å². The highest BCUT2D eigenvalue weighted by atomic mass is 127. The third-order valence-corrected chi connectivity index (χ3v) is 5.65. The molecule has 2 aromatic rings. The standard InChI is InChI=1S/C22H29N7O.HI/c1-23-21(27-13-15-28(16-14-27)22-24-10-4-11-25-22)26-17-18-6-8-19(9-7-18)29-12-3-2-5-20(29)30;/h4,6-11H,2-3,5,12-17H2,1H3,(H,23,26);1H. The number of carbonyl (C=O) groups is 1. The van der Waals surface area contributed by atoms with Gasteiger partial charge in [-0.25, -0.2) is 9.97 Å². The highest BCUT2D eigenvalue weighted by Crippen LogP contribution is 2.21. The molecule has 2 fully saturated rings. The second-order valence-corrected chi connectivity index (χ2v) is 7.59. The topological polar surface area (TPSA) is 77.0 Å². The second-order valence-electron chi connectivity index (χ2n) is 7.59. The molecule has 0 atom stereocenters. The molecule has 31 heavy (non-hydrogen) atoms. The lowest BCUT2D eigenvalue weighted by Crippen LogP contribution is -2.52. The number of nitrogens with one attached hydrogen (secondary N) is 1. The van der Waals surface area contributed by atoms with Crippen LogP contribution in [0.5, 0.6) is 0 Å². The highest BCUT2D eigenvalue weighted by Gasteiger charge is 2.21. The van der Waals surface area contributed by atoms with Crippen LogP contribution in [0.1, 0.15) is 24.8 Å². The Labute approximate surface area is 200 Å². The van der Waals surface area contributed by atoms with Crippen molar-refractivity contribution in [3.8, 4) is 0 Å². The molecule has 1 aromatic carbocycles. The normalized spacial score (nSPS) is 17.4. The summed E-state index contributed by atoms with van der Waals surface area (Å²) in [5, 5.41) is 3.46. The van der Waals surface area contributed by atoms with Crippen molar-refractivity contribution in [1.82, 2.24) is 20.2 Å². The fourth-order valence-corrected chi connectivity index (χ4v) is 3.96. The number of amides is 1. The number of aromatic nitrogens is 2. The van der Waals surface area contributed by atoms with E-state index in [4.69, 9.17) is 0 Å². The summed E-state index contributed by atoms with van der Waals surface area (Å²) in [4.78, 5) is 31.6. The summed E-state index contributed by atoms with van der Waals surface area (Å²) in [6, 6.07) is 10.1. The second kappa shape index (κ2) is 11.3. The number of benzene rings is 1. The Bertz CT molecular complexity index is 867. The van der Waals surface area contributed by atoms with Gasteiger partial charge in [0, 0.05) is 70.8 Å². The van der Waals surface area contributed by atoms with E-state index < -0.39 is 0 Å². The molecule has 0 saturated carbocycles. The van der Waals surface area contributed by atoms with E-state index in [2.05, 4.69) is 42.2 Å². The van der Waals surface area contributed by atoms with Crippen molar-refractivity contribution in [2.24, 2.45) is 4.99 Å². The predicted octanol–water partition coefficient (Wildman–Crippen LogP) is 2.51.